The first-order valence-electron chi connectivity index (χ1n) is 15.0. The second-order valence-corrected chi connectivity index (χ2v) is 12.1. The molecule has 0 saturated heterocycles. The Labute approximate surface area is 393 Å². The summed E-state index contributed by atoms with van der Waals surface area (Å²) in [6, 6.07) is 22.8. The van der Waals surface area contributed by atoms with Crippen LogP contribution >= 0.6 is 22.7 Å². The van der Waals surface area contributed by atoms with Crippen LogP contribution in [0, 0.1) is 65.8 Å². The van der Waals surface area contributed by atoms with Crippen molar-refractivity contribution >= 4 is 56.7 Å². The minimum atomic E-state index is -4.94. The molecule has 22 nitrogen and oxygen atoms in total. The van der Waals surface area contributed by atoms with E-state index in [2.05, 4.69) is 29.9 Å². The number of carboxylic acid groups (broad SMARTS) is 2. The Morgan fingerprint density at radius 1 is 0.516 bits per heavy atom. The van der Waals surface area contributed by atoms with Gasteiger partial charge in [-0.15, -0.1) is 43.2 Å². The maximum absolute atomic E-state index is 8.89. The average Bonchev–Trinajstić information content (AvgIpc) is 3.87. The summed E-state index contributed by atoms with van der Waals surface area (Å²) in [5, 5.41) is 54.9. The number of hydrogen-bond acceptors (Lipinski definition) is 24. The van der Waals surface area contributed by atoms with E-state index in [0.29, 0.717) is 0 Å². The van der Waals surface area contributed by atoms with Gasteiger partial charge < -0.3 is 19.8 Å². The number of hydrogen-bond donors (Lipinski definition) is 0. The molecule has 0 saturated carbocycles. The third-order valence-electron chi connectivity index (χ3n) is 4.23. The van der Waals surface area contributed by atoms with E-state index >= 15 is 0 Å². The SMILES string of the molecule is CC#N.CC#N.CC#N.CC#N.CC(=O)[O-].CC(=O)[O-].[O-][Cl+3]([O-])([O-])[O-].[O-][Cl+3]([O-])([O-])[O-].[Ru+2].[Ru+2].c1cnc2nc(-c3nccs3)ccc2c1.c1cnc2nc(-c3nccs3)ccc2c1. The zero-order valence-electron chi connectivity index (χ0n) is 32.7. The Balaban J connectivity index is -0.000000154. The molecule has 0 atom stereocenters. The third kappa shape index (κ3) is 49.2. The van der Waals surface area contributed by atoms with Crippen LogP contribution in [0.4, 0.5) is 0 Å². The number of carbonyl (C=O) groups is 2. The first kappa shape index (κ1) is 68.5. The van der Waals surface area contributed by atoms with Crippen LogP contribution in [0.15, 0.2) is 84.1 Å². The fourth-order valence-corrected chi connectivity index (χ4v) is 4.06. The molecule has 0 aliphatic heterocycles. The van der Waals surface area contributed by atoms with Crippen molar-refractivity contribution in [2.75, 3.05) is 0 Å². The van der Waals surface area contributed by atoms with Gasteiger partial charge in [0.1, 0.15) is 21.4 Å². The second-order valence-electron chi connectivity index (χ2n) is 8.80. The summed E-state index contributed by atoms with van der Waals surface area (Å²) in [6.45, 7) is 7.67. The number of aromatic nitrogens is 6. The van der Waals surface area contributed by atoms with Crippen molar-refractivity contribution in [3.8, 4) is 45.7 Å². The molecule has 6 aromatic rings. The van der Waals surface area contributed by atoms with Crippen LogP contribution in [-0.2, 0) is 48.5 Å². The molecule has 0 amide bonds. The summed E-state index contributed by atoms with van der Waals surface area (Å²) in [7, 11) is -9.89. The smallest absolute Gasteiger partial charge is 0.550 e. The van der Waals surface area contributed by atoms with Crippen molar-refractivity contribution in [1.29, 1.82) is 21.0 Å². The Kier molecular flexibility index (Phi) is 46.9. The number of pyridine rings is 4. The van der Waals surface area contributed by atoms with E-state index in [-0.39, 0.29) is 39.0 Å². The quantitative estimate of drug-likeness (QED) is 0.148. The first-order chi connectivity index (χ1) is 28.0. The molecule has 0 unspecified atom stereocenters. The van der Waals surface area contributed by atoms with Gasteiger partial charge >= 0.3 is 39.0 Å². The van der Waals surface area contributed by atoms with Crippen LogP contribution < -0.4 is 47.5 Å². The van der Waals surface area contributed by atoms with Gasteiger partial charge in [0.05, 0.1) is 24.3 Å². The maximum Gasteiger partial charge on any atom is 2.00 e. The molecule has 0 spiro atoms. The first-order valence-corrected chi connectivity index (χ1v) is 19.3. The summed E-state index contributed by atoms with van der Waals surface area (Å²) in [6.07, 6.45) is 7.07. The molecule has 0 radical (unpaired) electrons. The van der Waals surface area contributed by atoms with Gasteiger partial charge in [-0.2, -0.15) is 21.0 Å². The molecule has 6 heterocycles. The van der Waals surface area contributed by atoms with Gasteiger partial charge in [0.15, 0.2) is 11.3 Å². The van der Waals surface area contributed by atoms with E-state index < -0.39 is 32.4 Å². The average molecular weight is 1110 g/mol. The molecule has 0 aliphatic rings. The molecule has 0 bridgehead atoms. The van der Waals surface area contributed by atoms with E-state index in [0.717, 1.165) is 57.3 Å². The predicted molar refractivity (Wildman–Crippen MR) is 188 cm³/mol. The molecule has 6 rings (SSSR count). The van der Waals surface area contributed by atoms with Crippen molar-refractivity contribution in [2.45, 2.75) is 41.5 Å². The molecule has 0 fully saturated rings. The number of nitriles is 4. The van der Waals surface area contributed by atoms with Crippen molar-refractivity contribution in [2.24, 2.45) is 0 Å². The number of aliphatic carboxylic acids is 2. The molecular weight excluding hydrogens is 1080 g/mol. The summed E-state index contributed by atoms with van der Waals surface area (Å²) in [5.74, 6) is -2.17. The molecule has 62 heavy (non-hydrogen) atoms. The van der Waals surface area contributed by atoms with Crippen molar-refractivity contribution in [1.82, 2.24) is 29.9 Å². The van der Waals surface area contributed by atoms with Gasteiger partial charge in [0.25, 0.3) is 0 Å². The number of halogens is 2. The number of rotatable bonds is 2. The minimum absolute atomic E-state index is 0. The van der Waals surface area contributed by atoms with Gasteiger partial charge in [-0.25, -0.2) is 67.2 Å². The summed E-state index contributed by atoms with van der Waals surface area (Å²) in [4.78, 5) is 43.6. The molecule has 6 aromatic heterocycles. The van der Waals surface area contributed by atoms with Gasteiger partial charge in [0.2, 0.25) is 0 Å². The zero-order valence-corrected chi connectivity index (χ0v) is 39.4. The van der Waals surface area contributed by atoms with E-state index in [1.807, 2.05) is 59.3 Å². The zero-order chi connectivity index (χ0) is 47.2. The molecule has 332 valence electrons. The Bertz CT molecular complexity index is 2030. The summed E-state index contributed by atoms with van der Waals surface area (Å²) in [5.41, 5.74) is 3.31. The van der Waals surface area contributed by atoms with Crippen LogP contribution in [0.2, 0.25) is 0 Å². The van der Waals surface area contributed by atoms with E-state index in [9.17, 15) is 0 Å². The standard InChI is InChI=1S/2C11H7N3S.4C2H3N.2C2H4O2.2ClHO4.2Ru/c2*1-2-8-3-4-9(11-13-6-7-15-11)14-10(8)12-5-1;4*1-2-3;2*1-2(3)4;2*2-1(3,4)5;;/h2*1-7H;4*1H3;2*1H3,(H,3,4);2*(H,2,3,4,5);;/q;;;;;;;;;;2*+2/p-4. The fourth-order valence-electron chi connectivity index (χ4n) is 2.84. The Hall–Kier alpha value is -5.21. The third-order valence-corrected chi connectivity index (χ3v) is 5.82. The maximum atomic E-state index is 8.89. The number of nitrogens with zero attached hydrogens (tertiary/aromatic N) is 10. The van der Waals surface area contributed by atoms with Crippen LogP contribution in [0.1, 0.15) is 41.5 Å². The van der Waals surface area contributed by atoms with E-state index in [4.69, 9.17) is 78.1 Å². The number of carboxylic acids is 2. The Morgan fingerprint density at radius 2 is 0.758 bits per heavy atom. The van der Waals surface area contributed by atoms with E-state index in [1.165, 1.54) is 27.7 Å². The van der Waals surface area contributed by atoms with Gasteiger partial charge in [0, 0.05) is 86.0 Å². The summed E-state index contributed by atoms with van der Waals surface area (Å²) < 4.78 is 67.9. The molecular formula is C34H32Cl2N10O12Ru2S2. The molecule has 0 N–H and O–H groups in total. The number of carbonyl (C=O) groups excluding carboxylic acids is 2. The molecule has 0 aliphatic carbocycles. The van der Waals surface area contributed by atoms with Crippen LogP contribution in [0.25, 0.3) is 43.5 Å². The van der Waals surface area contributed by atoms with Crippen LogP contribution in [0.3, 0.4) is 0 Å². The second kappa shape index (κ2) is 42.5. The van der Waals surface area contributed by atoms with E-state index in [1.54, 1.807) is 71.7 Å². The molecule has 28 heteroatoms. The monoisotopic (exact) mass is 1110 g/mol. The fraction of sp³-hybridized carbons (Fsp3) is 0.176. The topological polar surface area (TPSA) is 437 Å². The predicted octanol–water partition coefficient (Wildman–Crippen LogP) is -4.38. The van der Waals surface area contributed by atoms with Crippen LogP contribution in [0.5, 0.6) is 0 Å². The normalized spacial score (nSPS) is 8.42. The van der Waals surface area contributed by atoms with Crippen molar-refractivity contribution in [3.63, 3.8) is 0 Å². The summed E-state index contributed by atoms with van der Waals surface area (Å²) >= 11 is 3.17. The minimum Gasteiger partial charge on any atom is -0.550 e. The van der Waals surface area contributed by atoms with Crippen molar-refractivity contribution in [3.05, 3.63) is 84.1 Å². The largest absolute Gasteiger partial charge is 2.00 e. The number of thiazole rings is 2. The van der Waals surface area contributed by atoms with Crippen LogP contribution in [-0.4, -0.2) is 41.8 Å². The number of fused-ring (bicyclic) bond motifs is 2. The van der Waals surface area contributed by atoms with Gasteiger partial charge in [-0.05, 0) is 62.4 Å². The molecule has 0 aromatic carbocycles. The van der Waals surface area contributed by atoms with Gasteiger partial charge in [-0.3, -0.25) is 0 Å². The van der Waals surface area contributed by atoms with Gasteiger partial charge in [-0.1, -0.05) is 0 Å². The van der Waals surface area contributed by atoms with Crippen molar-refractivity contribution < 1.29 is 117 Å². The Morgan fingerprint density at radius 3 is 0.968 bits per heavy atom.